The van der Waals surface area contributed by atoms with Crippen LogP contribution in [0.1, 0.15) is 37.4 Å². The molecule has 0 fully saturated rings. The second-order valence-electron chi connectivity index (χ2n) is 5.89. The molecule has 126 valence electrons. The molecule has 1 aliphatic heterocycles. The van der Waals surface area contributed by atoms with Gasteiger partial charge in [0.25, 0.3) is 5.91 Å². The molecule has 0 radical (unpaired) electrons. The van der Waals surface area contributed by atoms with E-state index in [4.69, 9.17) is 12.2 Å². The van der Waals surface area contributed by atoms with E-state index in [1.165, 1.54) is 4.57 Å². The zero-order chi connectivity index (χ0) is 17.1. The minimum Gasteiger partial charge on any atom is -0.358 e. The number of carbonyl (C=O) groups excluding carboxylic acids is 2. The molecule has 0 saturated heterocycles. The molecule has 1 aliphatic rings. The van der Waals surface area contributed by atoms with Gasteiger partial charge >= 0.3 is 0 Å². The molecule has 6 nitrogen and oxygen atoms in total. The van der Waals surface area contributed by atoms with Crippen molar-refractivity contribution in [2.45, 2.75) is 38.6 Å². The number of aromatic nitrogens is 2. The summed E-state index contributed by atoms with van der Waals surface area (Å²) in [4.78, 5) is 28.9. The number of hydrogen-bond donors (Lipinski definition) is 2. The maximum absolute atomic E-state index is 12.6. The van der Waals surface area contributed by atoms with Gasteiger partial charge in [-0.25, -0.2) is 9.55 Å². The van der Waals surface area contributed by atoms with E-state index in [9.17, 15) is 9.59 Å². The first-order chi connectivity index (χ1) is 11.6. The lowest BCUT2D eigenvalue weighted by atomic mass is 10.2. The zero-order valence-electron chi connectivity index (χ0n) is 13.5. The smallest absolute Gasteiger partial charge is 0.257 e. The topological polar surface area (TPSA) is 76.0 Å². The van der Waals surface area contributed by atoms with Crippen molar-refractivity contribution in [3.8, 4) is 0 Å². The third-order valence-electron chi connectivity index (χ3n) is 4.11. The number of hydrogen-bond acceptors (Lipinski definition) is 5. The van der Waals surface area contributed by atoms with Crippen molar-refractivity contribution in [3.05, 3.63) is 29.0 Å². The molecule has 2 aromatic rings. The van der Waals surface area contributed by atoms with Gasteiger partial charge in [-0.05, 0) is 30.8 Å². The number of anilines is 1. The van der Waals surface area contributed by atoms with Crippen LogP contribution in [0.2, 0.25) is 0 Å². The maximum Gasteiger partial charge on any atom is 0.257 e. The molecule has 2 N–H and O–H groups in total. The van der Waals surface area contributed by atoms with Crippen LogP contribution >= 0.6 is 12.2 Å². The van der Waals surface area contributed by atoms with Gasteiger partial charge in [0.1, 0.15) is 11.9 Å². The van der Waals surface area contributed by atoms with Crippen molar-refractivity contribution in [2.75, 3.05) is 11.9 Å². The molecular weight excluding hydrogens is 324 g/mol. The number of nitrogens with zero attached hydrogens (tertiary/aromatic N) is 2. The Morgan fingerprint density at radius 3 is 2.96 bits per heavy atom. The van der Waals surface area contributed by atoms with Gasteiger partial charge in [-0.2, -0.15) is 0 Å². The number of fused-ring (bicyclic) bond motifs is 3. The van der Waals surface area contributed by atoms with E-state index in [1.807, 2.05) is 24.3 Å². The molecule has 1 amide bonds. The summed E-state index contributed by atoms with van der Waals surface area (Å²) in [5, 5.41) is 6.83. The molecule has 0 saturated carbocycles. The summed E-state index contributed by atoms with van der Waals surface area (Å²) in [5.74, 6) is 0.268. The molecule has 24 heavy (non-hydrogen) atoms. The minimum absolute atomic E-state index is 0.0930. The van der Waals surface area contributed by atoms with E-state index < -0.39 is 6.04 Å². The molecule has 0 unspecified atom stereocenters. The molecule has 7 heteroatoms. The normalized spacial score (nSPS) is 16.0. The first-order valence-electron chi connectivity index (χ1n) is 8.21. The Hall–Kier alpha value is -2.28. The van der Waals surface area contributed by atoms with Crippen LogP contribution in [0.5, 0.6) is 0 Å². The van der Waals surface area contributed by atoms with Crippen LogP contribution in [0.25, 0.3) is 10.9 Å². The van der Waals surface area contributed by atoms with Crippen LogP contribution < -0.4 is 10.6 Å². The fraction of sp³-hybridized carbons (Fsp3) is 0.412. The molecular formula is C17H20N4O2S. The van der Waals surface area contributed by atoms with Crippen LogP contribution in [0.4, 0.5) is 5.82 Å². The first-order valence-corrected chi connectivity index (χ1v) is 8.62. The quantitative estimate of drug-likeness (QED) is 0.622. The standard InChI is InChI=1S/C17H20N4O2S/c1-2-3-6-9-18-14(22)10-13-16(23)21-15(19-13)11-7-4-5-8-12(11)20-17(21)24/h4-5,7-8,13,19H,2-3,6,9-10H2,1H3,(H,18,22)/t13-/m1/s1. The third-order valence-corrected chi connectivity index (χ3v) is 4.39. The van der Waals surface area contributed by atoms with Gasteiger partial charge in [0.15, 0.2) is 0 Å². The molecule has 1 atom stereocenters. The fourth-order valence-electron chi connectivity index (χ4n) is 2.87. The highest BCUT2D eigenvalue weighted by molar-refractivity contribution is 7.71. The summed E-state index contributed by atoms with van der Waals surface area (Å²) in [7, 11) is 0. The summed E-state index contributed by atoms with van der Waals surface area (Å²) in [5.41, 5.74) is 0.735. The number of benzene rings is 1. The van der Waals surface area contributed by atoms with E-state index in [0.29, 0.717) is 12.4 Å². The van der Waals surface area contributed by atoms with Crippen LogP contribution in [-0.2, 0) is 4.79 Å². The lowest BCUT2D eigenvalue weighted by Gasteiger charge is -2.09. The summed E-state index contributed by atoms with van der Waals surface area (Å²) in [6, 6.07) is 6.89. The van der Waals surface area contributed by atoms with E-state index in [-0.39, 0.29) is 23.0 Å². The van der Waals surface area contributed by atoms with Gasteiger partial charge in [-0.15, -0.1) is 0 Å². The third kappa shape index (κ3) is 3.17. The van der Waals surface area contributed by atoms with Crippen molar-refractivity contribution in [2.24, 2.45) is 0 Å². The number of carbonyl (C=O) groups is 2. The summed E-state index contributed by atoms with van der Waals surface area (Å²) < 4.78 is 1.61. The summed E-state index contributed by atoms with van der Waals surface area (Å²) in [6.07, 6.45) is 3.23. The van der Waals surface area contributed by atoms with E-state index >= 15 is 0 Å². The summed E-state index contributed by atoms with van der Waals surface area (Å²) in [6.45, 7) is 2.76. The van der Waals surface area contributed by atoms with E-state index in [1.54, 1.807) is 0 Å². The van der Waals surface area contributed by atoms with Crippen molar-refractivity contribution in [1.29, 1.82) is 0 Å². The number of nitrogens with one attached hydrogen (secondary N) is 2. The van der Waals surface area contributed by atoms with Gasteiger partial charge in [-0.3, -0.25) is 9.59 Å². The lowest BCUT2D eigenvalue weighted by Crippen LogP contribution is -2.34. The largest absolute Gasteiger partial charge is 0.358 e. The Morgan fingerprint density at radius 1 is 1.38 bits per heavy atom. The van der Waals surface area contributed by atoms with E-state index in [2.05, 4.69) is 22.5 Å². The first kappa shape index (κ1) is 16.6. The lowest BCUT2D eigenvalue weighted by molar-refractivity contribution is -0.121. The number of unbranched alkanes of at least 4 members (excludes halogenated alkanes) is 2. The van der Waals surface area contributed by atoms with Gasteiger partial charge in [0.2, 0.25) is 10.7 Å². The minimum atomic E-state index is -0.606. The van der Waals surface area contributed by atoms with E-state index in [0.717, 1.165) is 30.2 Å². The second-order valence-corrected chi connectivity index (χ2v) is 6.26. The Labute approximate surface area is 145 Å². The zero-order valence-corrected chi connectivity index (χ0v) is 14.4. The summed E-state index contributed by atoms with van der Waals surface area (Å²) >= 11 is 5.24. The average molecular weight is 344 g/mol. The number of amides is 1. The maximum atomic E-state index is 12.6. The van der Waals surface area contributed by atoms with Crippen molar-refractivity contribution in [3.63, 3.8) is 0 Å². The Bertz CT molecular complexity index is 846. The van der Waals surface area contributed by atoms with Gasteiger partial charge in [0.05, 0.1) is 11.9 Å². The van der Waals surface area contributed by atoms with Crippen LogP contribution in [0.3, 0.4) is 0 Å². The van der Waals surface area contributed by atoms with Crippen molar-refractivity contribution in [1.82, 2.24) is 14.9 Å². The van der Waals surface area contributed by atoms with Gasteiger partial charge in [0, 0.05) is 11.9 Å². The predicted octanol–water partition coefficient (Wildman–Crippen LogP) is 2.90. The predicted molar refractivity (Wildman–Crippen MR) is 95.8 cm³/mol. The second kappa shape index (κ2) is 7.09. The highest BCUT2D eigenvalue weighted by atomic mass is 32.1. The molecule has 2 heterocycles. The highest BCUT2D eigenvalue weighted by Crippen LogP contribution is 2.28. The molecule has 1 aromatic carbocycles. The SMILES string of the molecule is CCCCCNC(=O)C[C@H]1Nc2c3ccccc3nc(=S)n2C1=O. The Kier molecular flexibility index (Phi) is 4.89. The molecule has 0 aliphatic carbocycles. The number of para-hydroxylation sites is 1. The number of rotatable bonds is 6. The molecule has 1 aromatic heterocycles. The monoisotopic (exact) mass is 344 g/mol. The molecule has 0 spiro atoms. The van der Waals surface area contributed by atoms with Gasteiger partial charge < -0.3 is 10.6 Å². The van der Waals surface area contributed by atoms with Crippen LogP contribution in [0, 0.1) is 4.77 Å². The average Bonchev–Trinajstić information content (AvgIpc) is 2.89. The van der Waals surface area contributed by atoms with Crippen molar-refractivity contribution >= 4 is 40.8 Å². The Morgan fingerprint density at radius 2 is 2.17 bits per heavy atom. The fourth-order valence-corrected chi connectivity index (χ4v) is 3.15. The van der Waals surface area contributed by atoms with Gasteiger partial charge in [-0.1, -0.05) is 31.9 Å². The highest BCUT2D eigenvalue weighted by Gasteiger charge is 2.33. The van der Waals surface area contributed by atoms with Crippen LogP contribution in [0.15, 0.2) is 24.3 Å². The van der Waals surface area contributed by atoms with Crippen molar-refractivity contribution < 1.29 is 9.59 Å². The Balaban J connectivity index is 1.76. The molecule has 3 rings (SSSR count). The molecule has 0 bridgehead atoms. The van der Waals surface area contributed by atoms with Crippen LogP contribution in [-0.4, -0.2) is 34.0 Å².